The maximum absolute atomic E-state index is 4.30. The van der Waals surface area contributed by atoms with Gasteiger partial charge in [0.2, 0.25) is 0 Å². The summed E-state index contributed by atoms with van der Waals surface area (Å²) >= 11 is 1.85. The van der Waals surface area contributed by atoms with Crippen molar-refractivity contribution in [2.24, 2.45) is 4.99 Å². The molecule has 7 heteroatoms. The Morgan fingerprint density at radius 1 is 1.11 bits per heavy atom. The average Bonchev–Trinajstić information content (AvgIpc) is 3.36. The molecule has 0 aliphatic heterocycles. The summed E-state index contributed by atoms with van der Waals surface area (Å²) in [5.41, 5.74) is 2.36. The van der Waals surface area contributed by atoms with E-state index in [-0.39, 0.29) is 24.0 Å². The number of guanidine groups is 1. The van der Waals surface area contributed by atoms with Crippen molar-refractivity contribution in [1.82, 2.24) is 20.4 Å². The van der Waals surface area contributed by atoms with Gasteiger partial charge in [0.05, 0.1) is 12.2 Å². The number of nitrogens with one attached hydrogen (secondary N) is 2. The third-order valence-corrected chi connectivity index (χ3v) is 5.36. The lowest BCUT2D eigenvalue weighted by Gasteiger charge is -2.11. The molecular formula is C20H26IN5S. The Balaban J connectivity index is 0.00000261. The Labute approximate surface area is 181 Å². The molecule has 3 aromatic rings. The first-order chi connectivity index (χ1) is 12.8. The summed E-state index contributed by atoms with van der Waals surface area (Å²) < 4.78 is 1.86. The molecule has 0 aliphatic carbocycles. The van der Waals surface area contributed by atoms with E-state index in [0.29, 0.717) is 0 Å². The summed E-state index contributed by atoms with van der Waals surface area (Å²) in [4.78, 5) is 7.05. The first kappa shape index (κ1) is 21.4. The van der Waals surface area contributed by atoms with E-state index in [9.17, 15) is 0 Å². The highest BCUT2D eigenvalue weighted by Crippen LogP contribution is 2.16. The van der Waals surface area contributed by atoms with Gasteiger partial charge in [-0.05, 0) is 48.7 Å². The van der Waals surface area contributed by atoms with Crippen LogP contribution in [-0.2, 0) is 19.4 Å². The van der Waals surface area contributed by atoms with Gasteiger partial charge in [0, 0.05) is 35.7 Å². The Bertz CT molecular complexity index is 824. The lowest BCUT2D eigenvalue weighted by molar-refractivity contribution is 0.798. The van der Waals surface area contributed by atoms with Gasteiger partial charge in [-0.15, -0.1) is 35.3 Å². The number of aliphatic imine (C=N–C) groups is 1. The number of rotatable bonds is 7. The predicted molar refractivity (Wildman–Crippen MR) is 125 cm³/mol. The fraction of sp³-hybridized carbons (Fsp3) is 0.300. The predicted octanol–water partition coefficient (Wildman–Crippen LogP) is 4.02. The Hall–Kier alpha value is -1.87. The van der Waals surface area contributed by atoms with Gasteiger partial charge in [0.15, 0.2) is 5.96 Å². The summed E-state index contributed by atoms with van der Waals surface area (Å²) in [5.74, 6) is 0.838. The number of aromatic nitrogens is 2. The SMILES string of the molecule is CCc1ccc(CNC(=NC)NCCc2ccc(-n3cccn3)cc2)s1.I. The Morgan fingerprint density at radius 2 is 1.89 bits per heavy atom. The molecule has 0 unspecified atom stereocenters. The van der Waals surface area contributed by atoms with Crippen molar-refractivity contribution in [3.05, 3.63) is 70.2 Å². The minimum atomic E-state index is 0. The van der Waals surface area contributed by atoms with Gasteiger partial charge in [0.1, 0.15) is 0 Å². The van der Waals surface area contributed by atoms with E-state index in [1.807, 2.05) is 28.3 Å². The topological polar surface area (TPSA) is 54.2 Å². The summed E-state index contributed by atoms with van der Waals surface area (Å²) in [7, 11) is 1.81. The Kier molecular flexibility index (Phi) is 8.80. The van der Waals surface area contributed by atoms with Crippen LogP contribution in [0.3, 0.4) is 0 Å². The molecule has 1 aromatic carbocycles. The fourth-order valence-electron chi connectivity index (χ4n) is 2.66. The zero-order chi connectivity index (χ0) is 18.2. The highest BCUT2D eigenvalue weighted by molar-refractivity contribution is 14.0. The summed E-state index contributed by atoms with van der Waals surface area (Å²) in [5, 5.41) is 11.0. The minimum Gasteiger partial charge on any atom is -0.356 e. The van der Waals surface area contributed by atoms with Gasteiger partial charge in [-0.25, -0.2) is 4.68 Å². The lowest BCUT2D eigenvalue weighted by atomic mass is 10.1. The van der Waals surface area contributed by atoms with Crippen LogP contribution in [0.4, 0.5) is 0 Å². The van der Waals surface area contributed by atoms with Crippen molar-refractivity contribution in [2.75, 3.05) is 13.6 Å². The van der Waals surface area contributed by atoms with Crippen molar-refractivity contribution in [3.63, 3.8) is 0 Å². The van der Waals surface area contributed by atoms with E-state index in [1.54, 1.807) is 13.2 Å². The number of hydrogen-bond donors (Lipinski definition) is 2. The maximum Gasteiger partial charge on any atom is 0.191 e. The van der Waals surface area contributed by atoms with Crippen molar-refractivity contribution in [3.8, 4) is 5.69 Å². The molecule has 0 bridgehead atoms. The molecule has 2 N–H and O–H groups in total. The van der Waals surface area contributed by atoms with E-state index < -0.39 is 0 Å². The number of aryl methyl sites for hydroxylation is 1. The minimum absolute atomic E-state index is 0. The summed E-state index contributed by atoms with van der Waals surface area (Å²) in [6.07, 6.45) is 5.77. The van der Waals surface area contributed by atoms with Crippen LogP contribution in [0.1, 0.15) is 22.2 Å². The van der Waals surface area contributed by atoms with Crippen LogP contribution in [0.2, 0.25) is 0 Å². The molecule has 0 aliphatic rings. The molecule has 0 fully saturated rings. The maximum atomic E-state index is 4.30. The van der Waals surface area contributed by atoms with Crippen molar-refractivity contribution < 1.29 is 0 Å². The fourth-order valence-corrected chi connectivity index (χ4v) is 3.56. The second kappa shape index (κ2) is 11.1. The highest BCUT2D eigenvalue weighted by atomic mass is 127. The number of hydrogen-bond acceptors (Lipinski definition) is 3. The van der Waals surface area contributed by atoms with Crippen molar-refractivity contribution in [1.29, 1.82) is 0 Å². The van der Waals surface area contributed by atoms with Gasteiger partial charge in [0.25, 0.3) is 0 Å². The van der Waals surface area contributed by atoms with E-state index in [4.69, 9.17) is 0 Å². The third-order valence-electron chi connectivity index (χ3n) is 4.13. The van der Waals surface area contributed by atoms with Crippen LogP contribution in [0.25, 0.3) is 5.69 Å². The molecule has 0 saturated carbocycles. The van der Waals surface area contributed by atoms with E-state index in [1.165, 1.54) is 15.3 Å². The molecule has 2 heterocycles. The smallest absolute Gasteiger partial charge is 0.191 e. The number of benzene rings is 1. The molecule has 0 amide bonds. The van der Waals surface area contributed by atoms with E-state index in [2.05, 4.69) is 64.0 Å². The van der Waals surface area contributed by atoms with Crippen LogP contribution in [-0.4, -0.2) is 29.3 Å². The van der Waals surface area contributed by atoms with Crippen LogP contribution < -0.4 is 10.6 Å². The zero-order valence-electron chi connectivity index (χ0n) is 15.7. The first-order valence-corrected chi connectivity index (χ1v) is 9.71. The van der Waals surface area contributed by atoms with Crippen molar-refractivity contribution >= 4 is 41.3 Å². The summed E-state index contributed by atoms with van der Waals surface area (Å²) in [6.45, 7) is 3.83. The van der Waals surface area contributed by atoms with Gasteiger partial charge >= 0.3 is 0 Å². The largest absolute Gasteiger partial charge is 0.356 e. The molecule has 2 aromatic heterocycles. The molecule has 0 saturated heterocycles. The number of nitrogens with zero attached hydrogens (tertiary/aromatic N) is 3. The molecule has 144 valence electrons. The standard InChI is InChI=1S/C20H25N5S.HI/c1-3-18-9-10-19(26-18)15-23-20(21-2)22-13-11-16-5-7-17(8-6-16)25-14-4-12-24-25;/h4-10,12,14H,3,11,13,15H2,1-2H3,(H2,21,22,23);1H. The molecule has 0 spiro atoms. The monoisotopic (exact) mass is 495 g/mol. The van der Waals surface area contributed by atoms with Crippen LogP contribution in [0, 0.1) is 0 Å². The third kappa shape index (κ3) is 6.35. The molecule has 0 atom stereocenters. The van der Waals surface area contributed by atoms with Gasteiger partial charge in [-0.2, -0.15) is 5.10 Å². The number of thiophene rings is 1. The first-order valence-electron chi connectivity index (χ1n) is 8.89. The second-order valence-corrected chi connectivity index (χ2v) is 7.19. The van der Waals surface area contributed by atoms with E-state index in [0.717, 1.165) is 37.6 Å². The average molecular weight is 495 g/mol. The normalized spacial score (nSPS) is 11.1. The molecule has 5 nitrogen and oxygen atoms in total. The van der Waals surface area contributed by atoms with E-state index >= 15 is 0 Å². The van der Waals surface area contributed by atoms with Gasteiger partial charge in [-0.3, -0.25) is 4.99 Å². The number of halogens is 1. The van der Waals surface area contributed by atoms with Crippen molar-refractivity contribution in [2.45, 2.75) is 26.3 Å². The molecular weight excluding hydrogens is 469 g/mol. The Morgan fingerprint density at radius 3 is 2.52 bits per heavy atom. The van der Waals surface area contributed by atoms with Gasteiger partial charge in [-0.1, -0.05) is 19.1 Å². The molecule has 0 radical (unpaired) electrons. The molecule has 27 heavy (non-hydrogen) atoms. The summed E-state index contributed by atoms with van der Waals surface area (Å²) in [6, 6.07) is 14.8. The molecule has 3 rings (SSSR count). The second-order valence-electron chi connectivity index (χ2n) is 5.94. The highest BCUT2D eigenvalue weighted by Gasteiger charge is 2.02. The van der Waals surface area contributed by atoms with Crippen LogP contribution in [0.5, 0.6) is 0 Å². The lowest BCUT2D eigenvalue weighted by Crippen LogP contribution is -2.37. The van der Waals surface area contributed by atoms with Crippen LogP contribution in [0.15, 0.2) is 59.9 Å². The zero-order valence-corrected chi connectivity index (χ0v) is 18.8. The van der Waals surface area contributed by atoms with Gasteiger partial charge < -0.3 is 10.6 Å². The van der Waals surface area contributed by atoms with Crippen LogP contribution >= 0.6 is 35.3 Å². The quantitative estimate of drug-likeness (QED) is 0.296.